The number of pyridine rings is 1. The third-order valence-electron chi connectivity index (χ3n) is 4.85. The Morgan fingerprint density at radius 1 is 1.24 bits per heavy atom. The quantitative estimate of drug-likeness (QED) is 0.741. The first-order valence-corrected chi connectivity index (χ1v) is 9.76. The number of nitrogens with zero attached hydrogens (tertiary/aromatic N) is 3. The van der Waals surface area contributed by atoms with E-state index in [1.807, 2.05) is 6.20 Å². The molecule has 0 amide bonds. The van der Waals surface area contributed by atoms with Crippen LogP contribution in [0.4, 0.5) is 5.82 Å². The van der Waals surface area contributed by atoms with E-state index in [9.17, 15) is 0 Å². The van der Waals surface area contributed by atoms with Crippen molar-refractivity contribution in [2.45, 2.75) is 19.4 Å². The Hall–Kier alpha value is -1.43. The summed E-state index contributed by atoms with van der Waals surface area (Å²) in [6.07, 6.45) is 2.98. The van der Waals surface area contributed by atoms with Gasteiger partial charge in [0.25, 0.3) is 0 Å². The van der Waals surface area contributed by atoms with Gasteiger partial charge in [-0.25, -0.2) is 4.98 Å². The average molecular weight is 403 g/mol. The van der Waals surface area contributed by atoms with Crippen molar-refractivity contribution in [2.75, 3.05) is 45.1 Å². The largest absolute Gasteiger partial charge is 0.370 e. The van der Waals surface area contributed by atoms with Gasteiger partial charge in [0.05, 0.1) is 0 Å². The smallest absolute Gasteiger partial charge is 0.126 e. The Kier molecular flexibility index (Phi) is 6.45. The molecule has 1 unspecified atom stereocenters. The Bertz CT molecular complexity index is 677. The maximum Gasteiger partial charge on any atom is 0.126 e. The minimum Gasteiger partial charge on any atom is -0.370 e. The molecule has 0 spiro atoms. The molecule has 1 fully saturated rings. The van der Waals surface area contributed by atoms with Gasteiger partial charge in [-0.15, -0.1) is 0 Å². The number of halogens is 1. The van der Waals surface area contributed by atoms with Crippen LogP contribution in [0.15, 0.2) is 47.1 Å². The molecule has 0 radical (unpaired) electrons. The summed E-state index contributed by atoms with van der Waals surface area (Å²) in [5.41, 5.74) is 2.63. The maximum atomic E-state index is 4.42. The molecule has 134 valence electrons. The van der Waals surface area contributed by atoms with Crippen molar-refractivity contribution in [3.8, 4) is 0 Å². The van der Waals surface area contributed by atoms with Crippen molar-refractivity contribution in [2.24, 2.45) is 0 Å². The molecule has 1 N–H and O–H groups in total. The number of aromatic nitrogens is 1. The van der Waals surface area contributed by atoms with Gasteiger partial charge in [0.15, 0.2) is 0 Å². The van der Waals surface area contributed by atoms with E-state index in [1.54, 1.807) is 0 Å². The van der Waals surface area contributed by atoms with Crippen molar-refractivity contribution in [3.05, 3.63) is 58.2 Å². The van der Waals surface area contributed by atoms with Gasteiger partial charge in [0.1, 0.15) is 5.82 Å². The van der Waals surface area contributed by atoms with Crippen LogP contribution >= 0.6 is 15.9 Å². The summed E-state index contributed by atoms with van der Waals surface area (Å²) >= 11 is 3.50. The van der Waals surface area contributed by atoms with Gasteiger partial charge in [0.2, 0.25) is 0 Å². The van der Waals surface area contributed by atoms with Crippen molar-refractivity contribution >= 4 is 21.7 Å². The van der Waals surface area contributed by atoms with Crippen LogP contribution in [0.1, 0.15) is 23.6 Å². The Labute approximate surface area is 159 Å². The standard InChI is InChI=1S/C20H27BrN4/c1-16-13-20(23-14-18(16)21)22-9-6-10-25-12-11-24(2)15-19(25)17-7-4-3-5-8-17/h3-5,7-8,13-14,19H,6,9-12,15H2,1-2H3,(H,22,23). The molecular formula is C20H27BrN4. The molecule has 0 saturated carbocycles. The predicted octanol–water partition coefficient (Wildman–Crippen LogP) is 3.94. The molecular weight excluding hydrogens is 376 g/mol. The summed E-state index contributed by atoms with van der Waals surface area (Å²) in [5, 5.41) is 3.45. The number of aryl methyl sites for hydroxylation is 1. The zero-order valence-corrected chi connectivity index (χ0v) is 16.7. The second-order valence-electron chi connectivity index (χ2n) is 6.82. The number of anilines is 1. The zero-order chi connectivity index (χ0) is 17.6. The lowest BCUT2D eigenvalue weighted by molar-refractivity contribution is 0.0896. The average Bonchev–Trinajstić information content (AvgIpc) is 2.63. The van der Waals surface area contributed by atoms with Crippen LogP contribution in [0.25, 0.3) is 0 Å². The number of rotatable bonds is 6. The summed E-state index contributed by atoms with van der Waals surface area (Å²) in [7, 11) is 2.22. The van der Waals surface area contributed by atoms with Crippen LogP contribution in [0.5, 0.6) is 0 Å². The summed E-state index contributed by atoms with van der Waals surface area (Å²) in [4.78, 5) is 9.47. The van der Waals surface area contributed by atoms with E-state index in [4.69, 9.17) is 0 Å². The number of piperazine rings is 1. The highest BCUT2D eigenvalue weighted by atomic mass is 79.9. The molecule has 1 aromatic carbocycles. The van der Waals surface area contributed by atoms with Gasteiger partial charge < -0.3 is 10.2 Å². The zero-order valence-electron chi connectivity index (χ0n) is 15.1. The molecule has 3 rings (SSSR count). The van der Waals surface area contributed by atoms with Crippen LogP contribution in [-0.2, 0) is 0 Å². The molecule has 2 heterocycles. The summed E-state index contributed by atoms with van der Waals surface area (Å²) in [5.74, 6) is 0.957. The number of hydrogen-bond donors (Lipinski definition) is 1. The fourth-order valence-electron chi connectivity index (χ4n) is 3.35. The summed E-state index contributed by atoms with van der Waals surface area (Å²) in [6.45, 7) is 7.52. The molecule has 0 aliphatic carbocycles. The number of hydrogen-bond acceptors (Lipinski definition) is 4. The molecule has 5 heteroatoms. The summed E-state index contributed by atoms with van der Waals surface area (Å²) < 4.78 is 1.06. The van der Waals surface area contributed by atoms with Crippen LogP contribution in [0.3, 0.4) is 0 Å². The molecule has 4 nitrogen and oxygen atoms in total. The van der Waals surface area contributed by atoms with E-state index in [0.717, 1.165) is 49.4 Å². The van der Waals surface area contributed by atoms with E-state index in [-0.39, 0.29) is 0 Å². The lowest BCUT2D eigenvalue weighted by Crippen LogP contribution is -2.47. The fraction of sp³-hybridized carbons (Fsp3) is 0.450. The Morgan fingerprint density at radius 2 is 2.04 bits per heavy atom. The number of benzene rings is 1. The van der Waals surface area contributed by atoms with Crippen LogP contribution in [0.2, 0.25) is 0 Å². The van der Waals surface area contributed by atoms with E-state index >= 15 is 0 Å². The van der Waals surface area contributed by atoms with Gasteiger partial charge in [-0.05, 0) is 53.5 Å². The van der Waals surface area contributed by atoms with Crippen molar-refractivity contribution in [1.82, 2.24) is 14.8 Å². The lowest BCUT2D eigenvalue weighted by Gasteiger charge is -2.40. The SMILES string of the molecule is Cc1cc(NCCCN2CCN(C)CC2c2ccccc2)ncc1Br. The van der Waals surface area contributed by atoms with Gasteiger partial charge in [-0.1, -0.05) is 30.3 Å². The van der Waals surface area contributed by atoms with Crippen molar-refractivity contribution in [3.63, 3.8) is 0 Å². The van der Waals surface area contributed by atoms with Gasteiger partial charge in [-0.3, -0.25) is 4.90 Å². The minimum atomic E-state index is 0.494. The molecule has 1 aliphatic rings. The number of likely N-dealkylation sites (N-methyl/N-ethyl adjacent to an activating group) is 1. The lowest BCUT2D eigenvalue weighted by atomic mass is 10.0. The molecule has 25 heavy (non-hydrogen) atoms. The first-order chi connectivity index (χ1) is 12.1. The third-order valence-corrected chi connectivity index (χ3v) is 5.68. The van der Waals surface area contributed by atoms with Crippen molar-refractivity contribution < 1.29 is 0 Å². The normalized spacial score (nSPS) is 19.1. The van der Waals surface area contributed by atoms with Gasteiger partial charge >= 0.3 is 0 Å². The monoisotopic (exact) mass is 402 g/mol. The first-order valence-electron chi connectivity index (χ1n) is 8.97. The van der Waals surface area contributed by atoms with E-state index < -0.39 is 0 Å². The molecule has 2 aromatic rings. The van der Waals surface area contributed by atoms with E-state index in [0.29, 0.717) is 6.04 Å². The molecule has 1 aromatic heterocycles. The van der Waals surface area contributed by atoms with Crippen LogP contribution in [-0.4, -0.2) is 54.6 Å². The van der Waals surface area contributed by atoms with Crippen molar-refractivity contribution in [1.29, 1.82) is 0 Å². The molecule has 1 aliphatic heterocycles. The van der Waals surface area contributed by atoms with Gasteiger partial charge in [-0.2, -0.15) is 0 Å². The highest BCUT2D eigenvalue weighted by Crippen LogP contribution is 2.25. The maximum absolute atomic E-state index is 4.42. The van der Waals surface area contributed by atoms with Crippen LogP contribution in [0, 0.1) is 6.92 Å². The topological polar surface area (TPSA) is 31.4 Å². The Morgan fingerprint density at radius 3 is 2.80 bits per heavy atom. The molecule has 0 bridgehead atoms. The minimum absolute atomic E-state index is 0.494. The molecule has 1 atom stereocenters. The number of nitrogens with one attached hydrogen (secondary N) is 1. The summed E-state index contributed by atoms with van der Waals surface area (Å²) in [6, 6.07) is 13.5. The second kappa shape index (κ2) is 8.79. The highest BCUT2D eigenvalue weighted by Gasteiger charge is 2.25. The third kappa shape index (κ3) is 5.03. The highest BCUT2D eigenvalue weighted by molar-refractivity contribution is 9.10. The first kappa shape index (κ1) is 18.4. The predicted molar refractivity (Wildman–Crippen MR) is 108 cm³/mol. The second-order valence-corrected chi connectivity index (χ2v) is 7.68. The fourth-order valence-corrected chi connectivity index (χ4v) is 3.57. The van der Waals surface area contributed by atoms with E-state index in [2.05, 4.69) is 86.4 Å². The molecule has 1 saturated heterocycles. The van der Waals surface area contributed by atoms with Crippen LogP contribution < -0.4 is 5.32 Å². The van der Waals surface area contributed by atoms with E-state index in [1.165, 1.54) is 11.1 Å². The Balaban J connectivity index is 1.53. The van der Waals surface area contributed by atoms with Gasteiger partial charge in [0, 0.05) is 49.4 Å².